The number of hydrogen-bond donors (Lipinski definition) is 1. The number of benzene rings is 2. The normalized spacial score (nSPS) is 19.3. The fourth-order valence-corrected chi connectivity index (χ4v) is 4.87. The largest absolute Gasteiger partial charge is 0.489 e. The first kappa shape index (κ1) is 23.4. The lowest BCUT2D eigenvalue weighted by molar-refractivity contribution is -0.138. The van der Waals surface area contributed by atoms with Gasteiger partial charge in [0.1, 0.15) is 17.9 Å². The van der Waals surface area contributed by atoms with Crippen molar-refractivity contribution >= 4 is 34.8 Å². The van der Waals surface area contributed by atoms with Crippen molar-refractivity contribution < 1.29 is 14.3 Å². The van der Waals surface area contributed by atoms with Crippen molar-refractivity contribution in [3.63, 3.8) is 0 Å². The fraction of sp³-hybridized carbons (Fsp3) is 0.462. The monoisotopic (exact) mass is 469 g/mol. The van der Waals surface area contributed by atoms with Gasteiger partial charge in [-0.2, -0.15) is 0 Å². The Labute approximate surface area is 200 Å². The number of anilines is 2. The quantitative estimate of drug-likeness (QED) is 0.666. The van der Waals surface area contributed by atoms with Gasteiger partial charge in [-0.25, -0.2) is 0 Å². The Hall–Kier alpha value is -2.73. The molecule has 1 unspecified atom stereocenters. The Balaban J connectivity index is 1.32. The van der Waals surface area contributed by atoms with Crippen LogP contribution in [0.1, 0.15) is 44.6 Å². The van der Waals surface area contributed by atoms with Crippen LogP contribution in [0.4, 0.5) is 11.4 Å². The summed E-state index contributed by atoms with van der Waals surface area (Å²) in [6, 6.07) is 13.5. The van der Waals surface area contributed by atoms with E-state index in [1.807, 2.05) is 12.1 Å². The first-order valence-electron chi connectivity index (χ1n) is 11.8. The van der Waals surface area contributed by atoms with Gasteiger partial charge in [0.15, 0.2) is 0 Å². The Morgan fingerprint density at radius 3 is 2.39 bits per heavy atom. The number of hydrogen-bond acceptors (Lipinski definition) is 4. The highest BCUT2D eigenvalue weighted by Gasteiger charge is 2.30. The second-order valence-corrected chi connectivity index (χ2v) is 9.41. The molecule has 6 nitrogen and oxygen atoms in total. The topological polar surface area (TPSA) is 61.9 Å². The molecule has 0 saturated carbocycles. The fourth-order valence-electron chi connectivity index (χ4n) is 4.65. The minimum atomic E-state index is -0.426. The molecule has 176 valence electrons. The van der Waals surface area contributed by atoms with E-state index in [0.29, 0.717) is 29.4 Å². The molecule has 2 amide bonds. The van der Waals surface area contributed by atoms with Gasteiger partial charge < -0.3 is 19.9 Å². The molecule has 0 spiro atoms. The molecule has 2 aliphatic heterocycles. The minimum Gasteiger partial charge on any atom is -0.489 e. The Morgan fingerprint density at radius 2 is 1.73 bits per heavy atom. The maximum atomic E-state index is 12.8. The number of aryl methyl sites for hydroxylation is 1. The first-order chi connectivity index (χ1) is 15.9. The summed E-state index contributed by atoms with van der Waals surface area (Å²) in [6.07, 6.45) is 4.51. The van der Waals surface area contributed by atoms with Crippen molar-refractivity contribution in [3.8, 4) is 5.75 Å². The van der Waals surface area contributed by atoms with E-state index in [9.17, 15) is 9.59 Å². The highest BCUT2D eigenvalue weighted by molar-refractivity contribution is 6.32. The number of carbonyl (C=O) groups excluding carboxylic acids is 2. The molecule has 2 aromatic carbocycles. The van der Waals surface area contributed by atoms with Crippen LogP contribution in [0.3, 0.4) is 0 Å². The summed E-state index contributed by atoms with van der Waals surface area (Å²) in [4.78, 5) is 28.7. The summed E-state index contributed by atoms with van der Waals surface area (Å²) in [5, 5.41) is 3.39. The highest BCUT2D eigenvalue weighted by atomic mass is 35.5. The van der Waals surface area contributed by atoms with E-state index in [0.717, 1.165) is 38.8 Å². The lowest BCUT2D eigenvalue weighted by Gasteiger charge is -2.34. The van der Waals surface area contributed by atoms with Crippen molar-refractivity contribution in [2.24, 2.45) is 0 Å². The third-order valence-electron chi connectivity index (χ3n) is 6.54. The molecule has 7 heteroatoms. The SMILES string of the molecule is CC(=O)N1CCCCC1C(=O)Nc1ccc(OC2CCN(c3ccc(C)cc3)CC2)c(Cl)c1. The van der Waals surface area contributed by atoms with E-state index >= 15 is 0 Å². The van der Waals surface area contributed by atoms with Crippen LogP contribution in [0.25, 0.3) is 0 Å². The third-order valence-corrected chi connectivity index (χ3v) is 6.84. The molecule has 0 aliphatic carbocycles. The predicted molar refractivity (Wildman–Crippen MR) is 132 cm³/mol. The van der Waals surface area contributed by atoms with Crippen LogP contribution >= 0.6 is 11.6 Å². The van der Waals surface area contributed by atoms with E-state index in [-0.39, 0.29) is 17.9 Å². The molecular weight excluding hydrogens is 438 g/mol. The van der Waals surface area contributed by atoms with Gasteiger partial charge in [0.2, 0.25) is 11.8 Å². The van der Waals surface area contributed by atoms with Gasteiger partial charge >= 0.3 is 0 Å². The maximum absolute atomic E-state index is 12.8. The molecule has 2 heterocycles. The number of halogens is 1. The number of nitrogens with one attached hydrogen (secondary N) is 1. The Bertz CT molecular complexity index is 987. The third kappa shape index (κ3) is 5.80. The van der Waals surface area contributed by atoms with E-state index in [1.54, 1.807) is 11.0 Å². The van der Waals surface area contributed by atoms with E-state index in [4.69, 9.17) is 16.3 Å². The molecule has 33 heavy (non-hydrogen) atoms. The van der Waals surface area contributed by atoms with Gasteiger partial charge in [-0.1, -0.05) is 29.3 Å². The number of rotatable bonds is 5. The zero-order valence-corrected chi connectivity index (χ0v) is 20.1. The molecule has 2 aliphatic rings. The first-order valence-corrected chi connectivity index (χ1v) is 12.1. The van der Waals surface area contributed by atoms with E-state index in [2.05, 4.69) is 41.4 Å². The maximum Gasteiger partial charge on any atom is 0.247 e. The summed E-state index contributed by atoms with van der Waals surface area (Å²) in [7, 11) is 0. The minimum absolute atomic E-state index is 0.0648. The summed E-state index contributed by atoms with van der Waals surface area (Å²) in [5.41, 5.74) is 3.13. The molecule has 4 rings (SSSR count). The van der Waals surface area contributed by atoms with Crippen LogP contribution in [-0.2, 0) is 9.59 Å². The number of carbonyl (C=O) groups is 2. The number of amides is 2. The summed E-state index contributed by atoms with van der Waals surface area (Å²) >= 11 is 6.49. The summed E-state index contributed by atoms with van der Waals surface area (Å²) in [6.45, 7) is 6.12. The zero-order chi connectivity index (χ0) is 23.4. The molecule has 0 bridgehead atoms. The van der Waals surface area contributed by atoms with Crippen LogP contribution in [0.5, 0.6) is 5.75 Å². The molecule has 2 fully saturated rings. The average molecular weight is 470 g/mol. The van der Waals surface area contributed by atoms with Crippen molar-refractivity contribution in [2.75, 3.05) is 29.9 Å². The van der Waals surface area contributed by atoms with E-state index < -0.39 is 6.04 Å². The smallest absolute Gasteiger partial charge is 0.247 e. The number of piperidine rings is 2. The molecule has 1 N–H and O–H groups in total. The molecule has 0 aromatic heterocycles. The lowest BCUT2D eigenvalue weighted by Crippen LogP contribution is -2.49. The van der Waals surface area contributed by atoms with Gasteiger partial charge in [0.05, 0.1) is 5.02 Å². The van der Waals surface area contributed by atoms with E-state index in [1.165, 1.54) is 18.2 Å². The van der Waals surface area contributed by atoms with Crippen LogP contribution in [0, 0.1) is 6.92 Å². The van der Waals surface area contributed by atoms with Crippen molar-refractivity contribution in [2.45, 2.75) is 58.1 Å². The Kier molecular flexibility index (Phi) is 7.43. The molecule has 0 radical (unpaired) electrons. The van der Waals surface area contributed by atoms with Gasteiger partial charge in [0, 0.05) is 50.8 Å². The molecule has 2 aromatic rings. The molecule has 2 saturated heterocycles. The zero-order valence-electron chi connectivity index (χ0n) is 19.4. The number of ether oxygens (including phenoxy) is 1. The van der Waals surface area contributed by atoms with Crippen molar-refractivity contribution in [1.29, 1.82) is 0 Å². The lowest BCUT2D eigenvalue weighted by atomic mass is 10.0. The van der Waals surface area contributed by atoms with Gasteiger partial charge in [-0.15, -0.1) is 0 Å². The Morgan fingerprint density at radius 1 is 1.00 bits per heavy atom. The van der Waals surface area contributed by atoms with Crippen LogP contribution in [-0.4, -0.2) is 48.5 Å². The standard InChI is InChI=1S/C26H32ClN3O3/c1-18-6-9-21(10-7-18)29-15-12-22(13-16-29)33-25-11-8-20(17-23(25)27)28-26(32)24-5-3-4-14-30(24)19(2)31/h6-11,17,22,24H,3-5,12-16H2,1-2H3,(H,28,32). The van der Waals surface area contributed by atoms with Crippen LogP contribution in [0.15, 0.2) is 42.5 Å². The van der Waals surface area contributed by atoms with Crippen molar-refractivity contribution in [3.05, 3.63) is 53.1 Å². The van der Waals surface area contributed by atoms with Crippen LogP contribution in [0.2, 0.25) is 5.02 Å². The second-order valence-electron chi connectivity index (χ2n) is 9.00. The van der Waals surface area contributed by atoms with Gasteiger partial charge in [-0.05, 0) is 56.5 Å². The van der Waals surface area contributed by atoms with Gasteiger partial charge in [0.25, 0.3) is 0 Å². The number of nitrogens with zero attached hydrogens (tertiary/aromatic N) is 2. The van der Waals surface area contributed by atoms with Crippen molar-refractivity contribution in [1.82, 2.24) is 4.90 Å². The summed E-state index contributed by atoms with van der Waals surface area (Å²) in [5.74, 6) is 0.398. The highest BCUT2D eigenvalue weighted by Crippen LogP contribution is 2.31. The van der Waals surface area contributed by atoms with Gasteiger partial charge in [-0.3, -0.25) is 9.59 Å². The molecular formula is C26H32ClN3O3. The second kappa shape index (κ2) is 10.5. The predicted octanol–water partition coefficient (Wildman–Crippen LogP) is 5.04. The van der Waals surface area contributed by atoms with Crippen LogP contribution < -0.4 is 15.0 Å². The summed E-state index contributed by atoms with van der Waals surface area (Å²) < 4.78 is 6.19. The number of likely N-dealkylation sites (tertiary alicyclic amines) is 1. The average Bonchev–Trinajstić information content (AvgIpc) is 2.82. The molecule has 1 atom stereocenters.